The molecular formula is C22H17NO. The van der Waals surface area contributed by atoms with E-state index in [9.17, 15) is 0 Å². The Morgan fingerprint density at radius 2 is 1.42 bits per heavy atom. The molecule has 0 unspecified atom stereocenters. The summed E-state index contributed by atoms with van der Waals surface area (Å²) in [6, 6.07) is 26.7. The van der Waals surface area contributed by atoms with Crippen molar-refractivity contribution in [1.29, 1.82) is 0 Å². The number of furan rings is 1. The average molecular weight is 311 g/mol. The molecule has 0 fully saturated rings. The maximum absolute atomic E-state index is 5.67. The van der Waals surface area contributed by atoms with Gasteiger partial charge in [-0.05, 0) is 30.7 Å². The zero-order valence-corrected chi connectivity index (χ0v) is 13.4. The quantitative estimate of drug-likeness (QED) is 0.432. The van der Waals surface area contributed by atoms with Crippen LogP contribution in [0.5, 0.6) is 0 Å². The third-order valence-electron chi connectivity index (χ3n) is 4.00. The topological polar surface area (TPSA) is 25.5 Å². The molecule has 4 rings (SSSR count). The molecule has 2 heteroatoms. The molecule has 0 bridgehead atoms. The van der Waals surface area contributed by atoms with E-state index < -0.39 is 0 Å². The standard InChI is InChI=1S/C22H17NO/c1-16-14-19-12-13-24-22(19)20(15-16)23-21(17-8-4-2-5-9-17)18-10-6-3-7-11-18/h2-15H,1H3. The first-order valence-corrected chi connectivity index (χ1v) is 7.99. The molecule has 0 atom stereocenters. The van der Waals surface area contributed by atoms with Crippen molar-refractivity contribution in [3.05, 3.63) is 102 Å². The zero-order valence-electron chi connectivity index (χ0n) is 13.4. The fourth-order valence-electron chi connectivity index (χ4n) is 2.90. The Kier molecular flexibility index (Phi) is 3.72. The normalized spacial score (nSPS) is 10.7. The molecule has 0 aliphatic rings. The van der Waals surface area contributed by atoms with Gasteiger partial charge in [-0.25, -0.2) is 4.99 Å². The molecule has 2 nitrogen and oxygen atoms in total. The van der Waals surface area contributed by atoms with E-state index in [1.807, 2.05) is 42.5 Å². The maximum Gasteiger partial charge on any atom is 0.159 e. The summed E-state index contributed by atoms with van der Waals surface area (Å²) in [5, 5.41) is 1.08. The minimum Gasteiger partial charge on any atom is -0.462 e. The van der Waals surface area contributed by atoms with Gasteiger partial charge >= 0.3 is 0 Å². The number of hydrogen-bond acceptors (Lipinski definition) is 2. The Bertz CT molecular complexity index is 957. The van der Waals surface area contributed by atoms with Crippen molar-refractivity contribution in [2.45, 2.75) is 6.92 Å². The zero-order chi connectivity index (χ0) is 16.4. The fourth-order valence-corrected chi connectivity index (χ4v) is 2.90. The van der Waals surface area contributed by atoms with Gasteiger partial charge in [-0.15, -0.1) is 0 Å². The number of aliphatic imine (C=N–C) groups is 1. The molecule has 1 heterocycles. The average Bonchev–Trinajstić information content (AvgIpc) is 3.09. The van der Waals surface area contributed by atoms with Crippen LogP contribution in [0.15, 0.2) is 94.5 Å². The van der Waals surface area contributed by atoms with E-state index in [0.717, 1.165) is 33.5 Å². The van der Waals surface area contributed by atoms with Gasteiger partial charge < -0.3 is 4.42 Å². The first-order chi connectivity index (χ1) is 11.8. The summed E-state index contributed by atoms with van der Waals surface area (Å²) in [6.07, 6.45) is 1.72. The van der Waals surface area contributed by atoms with Crippen LogP contribution in [0.1, 0.15) is 16.7 Å². The van der Waals surface area contributed by atoms with Crippen molar-refractivity contribution >= 4 is 22.4 Å². The largest absolute Gasteiger partial charge is 0.462 e. The van der Waals surface area contributed by atoms with Gasteiger partial charge in [-0.1, -0.05) is 60.7 Å². The summed E-state index contributed by atoms with van der Waals surface area (Å²) in [5.41, 5.74) is 5.97. The molecule has 0 N–H and O–H groups in total. The summed E-state index contributed by atoms with van der Waals surface area (Å²) >= 11 is 0. The molecule has 24 heavy (non-hydrogen) atoms. The van der Waals surface area contributed by atoms with Crippen molar-refractivity contribution in [1.82, 2.24) is 0 Å². The molecule has 0 radical (unpaired) electrons. The van der Waals surface area contributed by atoms with E-state index in [4.69, 9.17) is 9.41 Å². The smallest absolute Gasteiger partial charge is 0.159 e. The Labute approximate surface area is 141 Å². The van der Waals surface area contributed by atoms with Crippen LogP contribution in [-0.4, -0.2) is 5.71 Å². The van der Waals surface area contributed by atoms with Crippen LogP contribution in [0.4, 0.5) is 5.69 Å². The van der Waals surface area contributed by atoms with Crippen molar-refractivity contribution in [3.63, 3.8) is 0 Å². The van der Waals surface area contributed by atoms with Crippen molar-refractivity contribution < 1.29 is 4.42 Å². The summed E-state index contributed by atoms with van der Waals surface area (Å²) in [6.45, 7) is 2.08. The van der Waals surface area contributed by atoms with Crippen LogP contribution in [0.25, 0.3) is 11.0 Å². The van der Waals surface area contributed by atoms with Crippen LogP contribution in [0.2, 0.25) is 0 Å². The highest BCUT2D eigenvalue weighted by molar-refractivity contribution is 6.14. The monoisotopic (exact) mass is 311 g/mol. The van der Waals surface area contributed by atoms with Gasteiger partial charge in [0.15, 0.2) is 5.58 Å². The van der Waals surface area contributed by atoms with Gasteiger partial charge in [0.2, 0.25) is 0 Å². The second kappa shape index (κ2) is 6.17. The van der Waals surface area contributed by atoms with Crippen molar-refractivity contribution in [2.24, 2.45) is 4.99 Å². The number of rotatable bonds is 3. The van der Waals surface area contributed by atoms with E-state index in [1.54, 1.807) is 6.26 Å². The molecule has 1 aromatic heterocycles. The first kappa shape index (κ1) is 14.5. The van der Waals surface area contributed by atoms with Gasteiger partial charge in [0.25, 0.3) is 0 Å². The maximum atomic E-state index is 5.67. The fraction of sp³-hybridized carbons (Fsp3) is 0.0455. The lowest BCUT2D eigenvalue weighted by molar-refractivity contribution is 0.616. The SMILES string of the molecule is Cc1cc(N=C(c2ccccc2)c2ccccc2)c2occc2c1. The van der Waals surface area contributed by atoms with E-state index in [-0.39, 0.29) is 0 Å². The van der Waals surface area contributed by atoms with Gasteiger partial charge in [-0.2, -0.15) is 0 Å². The van der Waals surface area contributed by atoms with Crippen molar-refractivity contribution in [3.8, 4) is 0 Å². The summed E-state index contributed by atoms with van der Waals surface area (Å²) in [7, 11) is 0. The van der Waals surface area contributed by atoms with Crippen LogP contribution < -0.4 is 0 Å². The van der Waals surface area contributed by atoms with E-state index in [1.165, 1.54) is 5.56 Å². The van der Waals surface area contributed by atoms with Crippen LogP contribution in [-0.2, 0) is 0 Å². The summed E-state index contributed by atoms with van der Waals surface area (Å²) in [5.74, 6) is 0. The molecule has 4 aromatic rings. The molecular weight excluding hydrogens is 294 g/mol. The lowest BCUT2D eigenvalue weighted by Crippen LogP contribution is -2.02. The predicted octanol–water partition coefficient (Wildman–Crippen LogP) is 5.91. The van der Waals surface area contributed by atoms with Crippen LogP contribution in [0, 0.1) is 6.92 Å². The lowest BCUT2D eigenvalue weighted by Gasteiger charge is -2.08. The molecule has 0 aliphatic carbocycles. The molecule has 0 aliphatic heterocycles. The number of nitrogens with zero attached hydrogens (tertiary/aromatic N) is 1. The Balaban J connectivity index is 1.96. The lowest BCUT2D eigenvalue weighted by atomic mass is 10.0. The highest BCUT2D eigenvalue weighted by Gasteiger charge is 2.10. The highest BCUT2D eigenvalue weighted by atomic mass is 16.3. The van der Waals surface area contributed by atoms with Gasteiger partial charge in [0.1, 0.15) is 5.69 Å². The predicted molar refractivity (Wildman–Crippen MR) is 99.1 cm³/mol. The highest BCUT2D eigenvalue weighted by Crippen LogP contribution is 2.30. The third-order valence-corrected chi connectivity index (χ3v) is 4.00. The first-order valence-electron chi connectivity index (χ1n) is 7.99. The van der Waals surface area contributed by atoms with Gasteiger partial charge in [0.05, 0.1) is 12.0 Å². The summed E-state index contributed by atoms with van der Waals surface area (Å²) < 4.78 is 5.67. The minimum absolute atomic E-state index is 0.824. The number of hydrogen-bond donors (Lipinski definition) is 0. The molecule has 0 saturated heterocycles. The molecule has 0 spiro atoms. The molecule has 0 saturated carbocycles. The van der Waals surface area contributed by atoms with Gasteiger partial charge in [-0.3, -0.25) is 0 Å². The Morgan fingerprint density at radius 3 is 2.04 bits per heavy atom. The number of benzene rings is 3. The van der Waals surface area contributed by atoms with Crippen LogP contribution >= 0.6 is 0 Å². The van der Waals surface area contributed by atoms with E-state index >= 15 is 0 Å². The molecule has 0 amide bonds. The Morgan fingerprint density at radius 1 is 0.792 bits per heavy atom. The second-order valence-electron chi connectivity index (χ2n) is 5.82. The number of fused-ring (bicyclic) bond motifs is 1. The summed E-state index contributed by atoms with van der Waals surface area (Å²) in [4.78, 5) is 4.98. The minimum atomic E-state index is 0.824. The van der Waals surface area contributed by atoms with E-state index in [0.29, 0.717) is 0 Å². The third kappa shape index (κ3) is 2.74. The molecule has 116 valence electrons. The van der Waals surface area contributed by atoms with Crippen LogP contribution in [0.3, 0.4) is 0 Å². The number of aryl methyl sites for hydroxylation is 1. The second-order valence-corrected chi connectivity index (χ2v) is 5.82. The molecule has 3 aromatic carbocycles. The van der Waals surface area contributed by atoms with Gasteiger partial charge in [0, 0.05) is 16.5 Å². The van der Waals surface area contributed by atoms with E-state index in [2.05, 4.69) is 43.3 Å². The Hall–Kier alpha value is -3.13. The van der Waals surface area contributed by atoms with Crippen molar-refractivity contribution in [2.75, 3.05) is 0 Å².